The third-order valence-corrected chi connectivity index (χ3v) is 2.09. The van der Waals surface area contributed by atoms with Crippen molar-refractivity contribution in [3.05, 3.63) is 35.9 Å². The highest BCUT2D eigenvalue weighted by atomic mass is 16.5. The van der Waals surface area contributed by atoms with Crippen molar-refractivity contribution in [2.75, 3.05) is 7.04 Å². The second-order valence-corrected chi connectivity index (χ2v) is 3.07. The molecule has 0 aromatic heterocycles. The molecule has 0 aliphatic rings. The molecule has 76 valence electrons. The second kappa shape index (κ2) is 4.77. The molecule has 3 heteroatoms. The van der Waals surface area contributed by atoms with E-state index < -0.39 is 25.0 Å². The maximum atomic E-state index is 11.4. The number of aliphatic hydroxyl groups is 1. The van der Waals surface area contributed by atoms with Crippen LogP contribution >= 0.6 is 0 Å². The summed E-state index contributed by atoms with van der Waals surface area (Å²) in [6.45, 7) is 1.42. The molecule has 2 atom stereocenters. The molecule has 14 heavy (non-hydrogen) atoms. The SMILES string of the molecule is [2H]C([2H])([2H])OC(=O)[C@@H](C)[C@H](O)c1ccccc1. The van der Waals surface area contributed by atoms with Crippen molar-refractivity contribution in [1.82, 2.24) is 0 Å². The molecule has 1 N–H and O–H groups in total. The Labute approximate surface area is 87.5 Å². The minimum Gasteiger partial charge on any atom is -0.469 e. The van der Waals surface area contributed by atoms with Gasteiger partial charge < -0.3 is 9.84 Å². The van der Waals surface area contributed by atoms with E-state index in [2.05, 4.69) is 4.74 Å². The fourth-order valence-electron chi connectivity index (χ4n) is 1.16. The first-order chi connectivity index (χ1) is 7.81. The Bertz CT molecular complexity index is 375. The van der Waals surface area contributed by atoms with Crippen molar-refractivity contribution in [2.24, 2.45) is 5.92 Å². The van der Waals surface area contributed by atoms with E-state index in [1.165, 1.54) is 6.92 Å². The highest BCUT2D eigenvalue weighted by Gasteiger charge is 2.23. The van der Waals surface area contributed by atoms with Crippen LogP contribution in [-0.2, 0) is 9.53 Å². The predicted octanol–water partition coefficient (Wildman–Crippen LogP) is 1.53. The van der Waals surface area contributed by atoms with Crippen LogP contribution < -0.4 is 0 Å². The van der Waals surface area contributed by atoms with E-state index in [1.807, 2.05) is 0 Å². The number of ether oxygens (including phenoxy) is 1. The quantitative estimate of drug-likeness (QED) is 0.747. The van der Waals surface area contributed by atoms with Crippen LogP contribution in [-0.4, -0.2) is 18.1 Å². The molecule has 0 heterocycles. The van der Waals surface area contributed by atoms with Gasteiger partial charge in [0, 0.05) is 0 Å². The first-order valence-corrected chi connectivity index (χ1v) is 4.27. The van der Waals surface area contributed by atoms with E-state index in [1.54, 1.807) is 30.3 Å². The zero-order valence-electron chi connectivity index (χ0n) is 10.8. The highest BCUT2D eigenvalue weighted by Crippen LogP contribution is 2.21. The number of methoxy groups -OCH3 is 1. The molecule has 0 saturated heterocycles. The molecule has 0 fully saturated rings. The summed E-state index contributed by atoms with van der Waals surface area (Å²) in [4.78, 5) is 11.4. The summed E-state index contributed by atoms with van der Waals surface area (Å²) in [5.41, 5.74) is 0.544. The first-order valence-electron chi connectivity index (χ1n) is 5.77. The topological polar surface area (TPSA) is 46.5 Å². The van der Waals surface area contributed by atoms with E-state index in [0.717, 1.165) is 0 Å². The molecule has 0 aliphatic heterocycles. The van der Waals surface area contributed by atoms with Crippen molar-refractivity contribution in [3.63, 3.8) is 0 Å². The molecular formula is C11H14O3. The number of hydrogen-bond donors (Lipinski definition) is 1. The van der Waals surface area contributed by atoms with Crippen LogP contribution in [0.15, 0.2) is 30.3 Å². The molecule has 1 aromatic carbocycles. The Morgan fingerprint density at radius 3 is 2.71 bits per heavy atom. The largest absolute Gasteiger partial charge is 0.469 e. The lowest BCUT2D eigenvalue weighted by atomic mass is 9.98. The number of hydrogen-bond acceptors (Lipinski definition) is 3. The zero-order valence-corrected chi connectivity index (χ0v) is 7.81. The van der Waals surface area contributed by atoms with Gasteiger partial charge in [0.05, 0.1) is 23.2 Å². The van der Waals surface area contributed by atoms with E-state index in [-0.39, 0.29) is 0 Å². The minimum absolute atomic E-state index is 0.544. The van der Waals surface area contributed by atoms with Crippen LogP contribution in [0.4, 0.5) is 0 Å². The van der Waals surface area contributed by atoms with Gasteiger partial charge in [-0.05, 0) is 12.5 Å². The molecule has 0 unspecified atom stereocenters. The van der Waals surface area contributed by atoms with E-state index in [4.69, 9.17) is 4.11 Å². The highest BCUT2D eigenvalue weighted by molar-refractivity contribution is 5.72. The van der Waals surface area contributed by atoms with Gasteiger partial charge in [0.25, 0.3) is 0 Å². The standard InChI is InChI=1S/C11H14O3/c1-8(11(13)14-2)10(12)9-6-4-3-5-7-9/h3-8,10,12H,1-2H3/t8-,10-/m0/s1/i2D3. The Kier molecular flexibility index (Phi) is 2.39. The summed E-state index contributed by atoms with van der Waals surface area (Å²) in [5, 5.41) is 9.87. The third-order valence-electron chi connectivity index (χ3n) is 2.09. The van der Waals surface area contributed by atoms with Crippen molar-refractivity contribution in [1.29, 1.82) is 0 Å². The molecule has 0 aliphatic carbocycles. The van der Waals surface area contributed by atoms with Crippen molar-refractivity contribution in [2.45, 2.75) is 13.0 Å². The van der Waals surface area contributed by atoms with Crippen LogP contribution in [0.5, 0.6) is 0 Å². The fraction of sp³-hybridized carbons (Fsp3) is 0.364. The summed E-state index contributed by atoms with van der Waals surface area (Å²) in [7, 11) is -2.78. The van der Waals surface area contributed by atoms with Crippen LogP contribution in [0, 0.1) is 5.92 Å². The normalized spacial score (nSPS) is 18.6. The van der Waals surface area contributed by atoms with E-state index >= 15 is 0 Å². The number of aliphatic hydroxyl groups excluding tert-OH is 1. The second-order valence-electron chi connectivity index (χ2n) is 3.07. The van der Waals surface area contributed by atoms with Crippen LogP contribution in [0.25, 0.3) is 0 Å². The van der Waals surface area contributed by atoms with E-state index in [0.29, 0.717) is 5.56 Å². The molecule has 0 saturated carbocycles. The Hall–Kier alpha value is -1.35. The smallest absolute Gasteiger partial charge is 0.311 e. The molecular weight excluding hydrogens is 180 g/mol. The number of carbonyl (C=O) groups excluding carboxylic acids is 1. The van der Waals surface area contributed by atoms with Gasteiger partial charge in [-0.15, -0.1) is 0 Å². The monoisotopic (exact) mass is 197 g/mol. The lowest BCUT2D eigenvalue weighted by Crippen LogP contribution is -2.20. The molecule has 0 amide bonds. The lowest BCUT2D eigenvalue weighted by molar-refractivity contribution is -0.148. The number of benzene rings is 1. The Morgan fingerprint density at radius 1 is 1.50 bits per heavy atom. The molecule has 0 spiro atoms. The Balaban J connectivity index is 2.70. The van der Waals surface area contributed by atoms with Gasteiger partial charge in [0.15, 0.2) is 0 Å². The summed E-state index contributed by atoms with van der Waals surface area (Å²) in [6, 6.07) is 8.54. The van der Waals surface area contributed by atoms with Gasteiger partial charge in [0.1, 0.15) is 0 Å². The minimum atomic E-state index is -2.78. The van der Waals surface area contributed by atoms with Crippen molar-refractivity contribution < 1.29 is 18.8 Å². The van der Waals surface area contributed by atoms with Gasteiger partial charge in [0.2, 0.25) is 0 Å². The lowest BCUT2D eigenvalue weighted by Gasteiger charge is -2.16. The summed E-state index contributed by atoms with van der Waals surface area (Å²) < 4.78 is 24.7. The van der Waals surface area contributed by atoms with Gasteiger partial charge in [-0.1, -0.05) is 30.3 Å². The summed E-state index contributed by atoms with van der Waals surface area (Å²) in [5.74, 6) is -1.88. The molecule has 1 rings (SSSR count). The maximum Gasteiger partial charge on any atom is 0.311 e. The summed E-state index contributed by atoms with van der Waals surface area (Å²) >= 11 is 0. The Morgan fingerprint density at radius 2 is 2.14 bits per heavy atom. The summed E-state index contributed by atoms with van der Waals surface area (Å²) in [6.07, 6.45) is -1.08. The number of carbonyl (C=O) groups is 1. The van der Waals surface area contributed by atoms with Gasteiger partial charge >= 0.3 is 5.97 Å². The van der Waals surface area contributed by atoms with Gasteiger partial charge in [-0.2, -0.15) is 0 Å². The van der Waals surface area contributed by atoms with Crippen molar-refractivity contribution >= 4 is 5.97 Å². The average Bonchev–Trinajstić information content (AvgIpc) is 2.26. The van der Waals surface area contributed by atoms with Crippen molar-refractivity contribution in [3.8, 4) is 0 Å². The van der Waals surface area contributed by atoms with E-state index in [9.17, 15) is 9.90 Å². The number of rotatable bonds is 3. The molecule has 1 aromatic rings. The van der Waals surface area contributed by atoms with Crippen LogP contribution in [0.3, 0.4) is 0 Å². The van der Waals surface area contributed by atoms with Crippen LogP contribution in [0.2, 0.25) is 0 Å². The maximum absolute atomic E-state index is 11.4. The average molecular weight is 197 g/mol. The molecule has 0 radical (unpaired) electrons. The van der Waals surface area contributed by atoms with Gasteiger partial charge in [-0.3, -0.25) is 4.79 Å². The predicted molar refractivity (Wildman–Crippen MR) is 52.6 cm³/mol. The molecule has 0 bridgehead atoms. The number of esters is 1. The van der Waals surface area contributed by atoms with Gasteiger partial charge in [-0.25, -0.2) is 0 Å². The molecule has 3 nitrogen and oxygen atoms in total. The zero-order chi connectivity index (χ0) is 13.1. The first kappa shape index (κ1) is 7.01. The van der Waals surface area contributed by atoms with Crippen LogP contribution in [0.1, 0.15) is 22.7 Å². The third kappa shape index (κ3) is 2.33. The fourth-order valence-corrected chi connectivity index (χ4v) is 1.16.